The van der Waals surface area contributed by atoms with E-state index in [-0.39, 0.29) is 5.91 Å². The molecule has 110 valence electrons. The number of anilines is 2. The van der Waals surface area contributed by atoms with E-state index in [1.807, 2.05) is 36.0 Å². The van der Waals surface area contributed by atoms with Crippen LogP contribution in [0, 0.1) is 0 Å². The van der Waals surface area contributed by atoms with E-state index in [4.69, 9.17) is 0 Å². The number of imidazole rings is 1. The number of rotatable bonds is 4. The molecule has 2 heterocycles. The number of nitrogens with one attached hydrogen (secondary N) is 3. The fourth-order valence-electron chi connectivity index (χ4n) is 2.48. The van der Waals surface area contributed by atoms with Crippen LogP contribution in [0.1, 0.15) is 16.2 Å². The highest BCUT2D eigenvalue weighted by molar-refractivity contribution is 6.02. The number of carbonyl (C=O) groups excluding carboxylic acids is 1. The van der Waals surface area contributed by atoms with Gasteiger partial charge in [0.2, 0.25) is 0 Å². The zero-order valence-corrected chi connectivity index (χ0v) is 12.0. The summed E-state index contributed by atoms with van der Waals surface area (Å²) in [5.74, 6) is 0.905. The first-order valence-electron chi connectivity index (χ1n) is 7.11. The van der Waals surface area contributed by atoms with Crippen LogP contribution in [0.25, 0.3) is 0 Å². The van der Waals surface area contributed by atoms with E-state index in [2.05, 4.69) is 20.9 Å². The van der Waals surface area contributed by atoms with Gasteiger partial charge >= 0.3 is 0 Å². The quantitative estimate of drug-likeness (QED) is 0.790. The van der Waals surface area contributed by atoms with Crippen molar-refractivity contribution in [1.29, 1.82) is 0 Å². The lowest BCUT2D eigenvalue weighted by Crippen LogP contribution is -2.29. The largest absolute Gasteiger partial charge is 0.382 e. The Kier molecular flexibility index (Phi) is 3.77. The molecule has 0 saturated carbocycles. The molecule has 21 heavy (non-hydrogen) atoms. The summed E-state index contributed by atoms with van der Waals surface area (Å²) in [5, 5.41) is 9.53. The van der Waals surface area contributed by atoms with Gasteiger partial charge in [-0.2, -0.15) is 0 Å². The number of hydrogen-bond donors (Lipinski definition) is 3. The number of fused-ring (bicyclic) bond motifs is 1. The first-order chi connectivity index (χ1) is 10.3. The van der Waals surface area contributed by atoms with Crippen LogP contribution in [0.3, 0.4) is 0 Å². The van der Waals surface area contributed by atoms with Gasteiger partial charge in [-0.25, -0.2) is 4.98 Å². The second kappa shape index (κ2) is 5.87. The molecule has 1 aliphatic rings. The van der Waals surface area contributed by atoms with Crippen molar-refractivity contribution < 1.29 is 4.79 Å². The molecule has 0 radical (unpaired) electrons. The first-order valence-corrected chi connectivity index (χ1v) is 7.11. The van der Waals surface area contributed by atoms with E-state index in [9.17, 15) is 4.79 Å². The summed E-state index contributed by atoms with van der Waals surface area (Å²) in [4.78, 5) is 16.6. The minimum absolute atomic E-state index is 0.0581. The molecule has 2 aromatic rings. The van der Waals surface area contributed by atoms with Crippen molar-refractivity contribution in [2.75, 3.05) is 30.3 Å². The summed E-state index contributed by atoms with van der Waals surface area (Å²) in [7, 11) is 1.95. The molecule has 0 fully saturated rings. The van der Waals surface area contributed by atoms with Crippen LogP contribution in [0.15, 0.2) is 30.6 Å². The molecule has 0 unspecified atom stereocenters. The van der Waals surface area contributed by atoms with Gasteiger partial charge in [-0.1, -0.05) is 6.07 Å². The molecule has 0 saturated heterocycles. The van der Waals surface area contributed by atoms with Crippen molar-refractivity contribution in [2.45, 2.75) is 6.42 Å². The molecule has 0 atom stereocenters. The minimum Gasteiger partial charge on any atom is -0.382 e. The monoisotopic (exact) mass is 285 g/mol. The molecule has 1 amide bonds. The lowest BCUT2D eigenvalue weighted by molar-refractivity contribution is 0.0954. The Balaban J connectivity index is 1.64. The molecular weight excluding hydrogens is 266 g/mol. The van der Waals surface area contributed by atoms with Crippen molar-refractivity contribution in [1.82, 2.24) is 14.9 Å². The van der Waals surface area contributed by atoms with Gasteiger partial charge in [0.1, 0.15) is 5.82 Å². The van der Waals surface area contributed by atoms with Gasteiger partial charge in [0, 0.05) is 45.5 Å². The van der Waals surface area contributed by atoms with Crippen LogP contribution in [0.5, 0.6) is 0 Å². The molecule has 0 spiro atoms. The number of aryl methyl sites for hydroxylation is 1. The van der Waals surface area contributed by atoms with Crippen LogP contribution in [0.2, 0.25) is 0 Å². The van der Waals surface area contributed by atoms with Crippen LogP contribution in [0.4, 0.5) is 11.4 Å². The maximum absolute atomic E-state index is 12.3. The molecule has 6 nitrogen and oxygen atoms in total. The number of nitrogens with zero attached hydrogens (tertiary/aromatic N) is 2. The van der Waals surface area contributed by atoms with Gasteiger partial charge in [0.15, 0.2) is 0 Å². The van der Waals surface area contributed by atoms with E-state index in [0.29, 0.717) is 12.1 Å². The van der Waals surface area contributed by atoms with Crippen molar-refractivity contribution in [3.05, 3.63) is 42.0 Å². The topological polar surface area (TPSA) is 71.0 Å². The highest BCUT2D eigenvalue weighted by Crippen LogP contribution is 2.28. The average Bonchev–Trinajstić information content (AvgIpc) is 2.92. The van der Waals surface area contributed by atoms with Gasteiger partial charge in [-0.05, 0) is 12.1 Å². The van der Waals surface area contributed by atoms with Crippen LogP contribution >= 0.6 is 0 Å². The number of para-hydroxylation sites is 1. The van der Waals surface area contributed by atoms with Gasteiger partial charge in [0.05, 0.1) is 16.9 Å². The zero-order valence-electron chi connectivity index (χ0n) is 12.0. The highest BCUT2D eigenvalue weighted by Gasteiger charge is 2.16. The van der Waals surface area contributed by atoms with Crippen molar-refractivity contribution in [3.63, 3.8) is 0 Å². The smallest absolute Gasteiger partial charge is 0.253 e. The molecule has 1 aromatic carbocycles. The number of amides is 1. The van der Waals surface area contributed by atoms with Gasteiger partial charge in [0.25, 0.3) is 5.91 Å². The Morgan fingerprint density at radius 3 is 3.05 bits per heavy atom. The number of aromatic nitrogens is 2. The third-order valence-corrected chi connectivity index (χ3v) is 3.61. The fraction of sp³-hybridized carbons (Fsp3) is 0.333. The maximum Gasteiger partial charge on any atom is 0.253 e. The van der Waals surface area contributed by atoms with Crippen LogP contribution < -0.4 is 16.0 Å². The van der Waals surface area contributed by atoms with Gasteiger partial charge in [-0.3, -0.25) is 4.79 Å². The van der Waals surface area contributed by atoms with Crippen molar-refractivity contribution in [3.8, 4) is 0 Å². The second-order valence-electron chi connectivity index (χ2n) is 5.04. The normalized spacial score (nSPS) is 13.0. The molecule has 0 aliphatic carbocycles. The van der Waals surface area contributed by atoms with E-state index in [0.717, 1.165) is 36.7 Å². The number of hydrogen-bond acceptors (Lipinski definition) is 4. The predicted octanol–water partition coefficient (Wildman–Crippen LogP) is 1.23. The number of carbonyl (C=O) groups is 1. The van der Waals surface area contributed by atoms with Gasteiger partial charge in [-0.15, -0.1) is 0 Å². The van der Waals surface area contributed by atoms with E-state index in [1.54, 1.807) is 6.20 Å². The predicted molar refractivity (Wildman–Crippen MR) is 82.7 cm³/mol. The Hall–Kier alpha value is -2.50. The van der Waals surface area contributed by atoms with Crippen molar-refractivity contribution >= 4 is 17.3 Å². The zero-order chi connectivity index (χ0) is 14.7. The standard InChI is InChI=1S/C15H19N5O/c1-20-10-9-17-13(20)5-6-19-15(21)11-3-2-4-12-14(11)18-8-7-16-12/h2-4,9-10,16,18H,5-8H2,1H3,(H,19,21). The Morgan fingerprint density at radius 2 is 2.24 bits per heavy atom. The second-order valence-corrected chi connectivity index (χ2v) is 5.04. The van der Waals surface area contributed by atoms with Gasteiger partial charge < -0.3 is 20.5 Å². The molecule has 3 N–H and O–H groups in total. The lowest BCUT2D eigenvalue weighted by atomic mass is 10.1. The Morgan fingerprint density at radius 1 is 1.38 bits per heavy atom. The summed E-state index contributed by atoms with van der Waals surface area (Å²) >= 11 is 0. The molecule has 1 aromatic heterocycles. The molecule has 1 aliphatic heterocycles. The first kappa shape index (κ1) is 13.5. The summed E-state index contributed by atoms with van der Waals surface area (Å²) in [5.41, 5.74) is 2.55. The van der Waals surface area contributed by atoms with E-state index < -0.39 is 0 Å². The summed E-state index contributed by atoms with van der Waals surface area (Å²) in [6.45, 7) is 2.27. The SMILES string of the molecule is Cn1ccnc1CCNC(=O)c1cccc2c1NCCN2. The third-order valence-electron chi connectivity index (χ3n) is 3.61. The third kappa shape index (κ3) is 2.84. The average molecular weight is 285 g/mol. The highest BCUT2D eigenvalue weighted by atomic mass is 16.1. The minimum atomic E-state index is -0.0581. The molecular formula is C15H19N5O. The maximum atomic E-state index is 12.3. The Labute approximate surface area is 123 Å². The lowest BCUT2D eigenvalue weighted by Gasteiger charge is -2.22. The van der Waals surface area contributed by atoms with Crippen LogP contribution in [-0.4, -0.2) is 35.1 Å². The summed E-state index contributed by atoms with van der Waals surface area (Å²) < 4.78 is 1.96. The van der Waals surface area contributed by atoms with Crippen LogP contribution in [-0.2, 0) is 13.5 Å². The number of benzene rings is 1. The van der Waals surface area contributed by atoms with E-state index >= 15 is 0 Å². The summed E-state index contributed by atoms with van der Waals surface area (Å²) in [6, 6.07) is 5.72. The molecule has 3 rings (SSSR count). The fourth-order valence-corrected chi connectivity index (χ4v) is 2.48. The molecule has 0 bridgehead atoms. The van der Waals surface area contributed by atoms with E-state index in [1.165, 1.54) is 0 Å². The summed E-state index contributed by atoms with van der Waals surface area (Å²) in [6.07, 6.45) is 4.39. The van der Waals surface area contributed by atoms with Crippen molar-refractivity contribution in [2.24, 2.45) is 7.05 Å². The molecule has 6 heteroatoms. The Bertz CT molecular complexity index is 649.